The Kier molecular flexibility index (Phi) is 16.8. The van der Waals surface area contributed by atoms with Crippen molar-refractivity contribution in [2.45, 2.75) is 45.1 Å². The molecule has 0 aromatic heterocycles. The molecule has 0 spiro atoms. The van der Waals surface area contributed by atoms with E-state index in [9.17, 15) is 15.0 Å². The first-order valence-electron chi connectivity index (χ1n) is 7.39. The van der Waals surface area contributed by atoms with Crippen LogP contribution in [0.2, 0.25) is 0 Å². The van der Waals surface area contributed by atoms with Gasteiger partial charge in [0.15, 0.2) is 0 Å². The molecule has 1 unspecified atom stereocenters. The second-order valence-electron chi connectivity index (χ2n) is 5.14. The van der Waals surface area contributed by atoms with Gasteiger partial charge in [0.2, 0.25) is 0 Å². The fourth-order valence-corrected chi connectivity index (χ4v) is 1.94. The Morgan fingerprint density at radius 2 is 2.09 bits per heavy atom. The van der Waals surface area contributed by atoms with E-state index < -0.39 is 12.1 Å². The molecule has 0 heterocycles. The van der Waals surface area contributed by atoms with Crippen LogP contribution in [0.3, 0.4) is 0 Å². The van der Waals surface area contributed by atoms with Gasteiger partial charge in [0, 0.05) is 13.1 Å². The van der Waals surface area contributed by atoms with Crippen molar-refractivity contribution < 1.29 is 49.7 Å². The number of rotatable bonds is 13. The minimum atomic E-state index is -0.954. The fourth-order valence-electron chi connectivity index (χ4n) is 1.94. The third kappa shape index (κ3) is 16.0. The number of nitrogens with zero attached hydrogens (tertiary/aromatic N) is 2. The van der Waals surface area contributed by atoms with Gasteiger partial charge in [-0.2, -0.15) is 0 Å². The summed E-state index contributed by atoms with van der Waals surface area (Å²) in [6, 6.07) is 0. The summed E-state index contributed by atoms with van der Waals surface area (Å²) in [5, 5.41) is 29.6. The Morgan fingerprint density at radius 1 is 1.41 bits per heavy atom. The van der Waals surface area contributed by atoms with Crippen LogP contribution >= 0.6 is 0 Å². The van der Waals surface area contributed by atoms with E-state index in [1.807, 2.05) is 6.08 Å². The van der Waals surface area contributed by atoms with Crippen molar-refractivity contribution in [2.24, 2.45) is 4.99 Å². The van der Waals surface area contributed by atoms with Gasteiger partial charge in [-0.3, -0.25) is 9.69 Å². The molecular weight excluding hydrogens is 295 g/mol. The molecule has 0 aromatic rings. The van der Waals surface area contributed by atoms with Crippen molar-refractivity contribution in [3.63, 3.8) is 0 Å². The molecule has 0 aromatic carbocycles. The van der Waals surface area contributed by atoms with Crippen LogP contribution in [-0.4, -0.2) is 59.3 Å². The SMILES string of the molecule is C=CCCCCCC([O-])=NCCN(CC(=O)O)CC(C)O.[Na+]. The van der Waals surface area contributed by atoms with Crippen molar-refractivity contribution in [2.75, 3.05) is 26.2 Å². The Morgan fingerprint density at radius 3 is 2.64 bits per heavy atom. The van der Waals surface area contributed by atoms with E-state index in [4.69, 9.17) is 5.11 Å². The van der Waals surface area contributed by atoms with E-state index >= 15 is 0 Å². The largest absolute Gasteiger partial charge is 1.00 e. The van der Waals surface area contributed by atoms with E-state index in [1.165, 1.54) is 0 Å². The zero-order valence-electron chi connectivity index (χ0n) is 13.8. The molecular formula is C15H27N2NaO4. The molecule has 0 bridgehead atoms. The number of hydrogen-bond donors (Lipinski definition) is 2. The van der Waals surface area contributed by atoms with E-state index in [2.05, 4.69) is 11.6 Å². The van der Waals surface area contributed by atoms with E-state index in [1.54, 1.807) is 11.8 Å². The summed E-state index contributed by atoms with van der Waals surface area (Å²) in [4.78, 5) is 16.2. The van der Waals surface area contributed by atoms with Gasteiger partial charge in [-0.1, -0.05) is 12.5 Å². The number of hydrogen-bond acceptors (Lipinski definition) is 5. The number of carboxylic acids is 1. The molecule has 0 fully saturated rings. The first-order valence-corrected chi connectivity index (χ1v) is 7.39. The number of carbonyl (C=O) groups is 1. The number of carboxylic acid groups (broad SMARTS) is 1. The summed E-state index contributed by atoms with van der Waals surface area (Å²) >= 11 is 0. The minimum Gasteiger partial charge on any atom is -0.862 e. The molecule has 0 aliphatic rings. The summed E-state index contributed by atoms with van der Waals surface area (Å²) in [6.07, 6.45) is 5.51. The molecule has 1 atom stereocenters. The van der Waals surface area contributed by atoms with E-state index in [0.717, 1.165) is 25.7 Å². The van der Waals surface area contributed by atoms with Gasteiger partial charge in [0.05, 0.1) is 19.2 Å². The molecule has 122 valence electrons. The molecule has 0 aliphatic heterocycles. The van der Waals surface area contributed by atoms with Crippen molar-refractivity contribution in [3.05, 3.63) is 12.7 Å². The van der Waals surface area contributed by atoms with Gasteiger partial charge >= 0.3 is 35.5 Å². The molecule has 0 aliphatic carbocycles. The van der Waals surface area contributed by atoms with Crippen LogP contribution in [0.4, 0.5) is 0 Å². The minimum absolute atomic E-state index is 0. The van der Waals surface area contributed by atoms with Crippen molar-refractivity contribution >= 4 is 11.9 Å². The van der Waals surface area contributed by atoms with Crippen molar-refractivity contribution in [1.29, 1.82) is 0 Å². The van der Waals surface area contributed by atoms with Gasteiger partial charge in [-0.25, -0.2) is 0 Å². The average molecular weight is 322 g/mol. The van der Waals surface area contributed by atoms with Crippen LogP contribution in [0.5, 0.6) is 0 Å². The quantitative estimate of drug-likeness (QED) is 0.130. The van der Waals surface area contributed by atoms with Gasteiger partial charge in [0.25, 0.3) is 0 Å². The molecule has 0 rings (SSSR count). The maximum absolute atomic E-state index is 11.5. The molecule has 7 heteroatoms. The van der Waals surface area contributed by atoms with Crippen LogP contribution in [0.1, 0.15) is 39.0 Å². The summed E-state index contributed by atoms with van der Waals surface area (Å²) in [5.74, 6) is -1.09. The fraction of sp³-hybridized carbons (Fsp3) is 0.733. The Bertz CT molecular complexity index is 336. The summed E-state index contributed by atoms with van der Waals surface area (Å²) in [5.41, 5.74) is 0. The third-order valence-electron chi connectivity index (χ3n) is 2.88. The molecule has 6 nitrogen and oxygen atoms in total. The molecule has 0 radical (unpaired) electrons. The number of aliphatic hydroxyl groups is 1. The second-order valence-corrected chi connectivity index (χ2v) is 5.14. The Balaban J connectivity index is 0. The maximum Gasteiger partial charge on any atom is 1.00 e. The zero-order valence-corrected chi connectivity index (χ0v) is 15.8. The monoisotopic (exact) mass is 322 g/mol. The molecule has 22 heavy (non-hydrogen) atoms. The smallest absolute Gasteiger partial charge is 0.862 e. The second kappa shape index (κ2) is 15.5. The first kappa shape index (κ1) is 23.9. The van der Waals surface area contributed by atoms with Crippen LogP contribution < -0.4 is 34.7 Å². The third-order valence-corrected chi connectivity index (χ3v) is 2.88. The number of aliphatic carboxylic acids is 1. The topological polar surface area (TPSA) is 96.2 Å². The molecule has 0 saturated carbocycles. The van der Waals surface area contributed by atoms with Gasteiger partial charge in [0.1, 0.15) is 0 Å². The van der Waals surface area contributed by atoms with Crippen LogP contribution in [-0.2, 0) is 4.79 Å². The standard InChI is InChI=1S/C15H28N2O4.Na/c1-3-4-5-6-7-8-14(19)16-9-10-17(11-13(2)18)12-15(20)21;/h3,13,18H,1,4-12H2,2H3,(H,16,19)(H,20,21);/q;+1/p-1. The number of aliphatic hydroxyl groups excluding tert-OH is 1. The predicted octanol–water partition coefficient (Wildman–Crippen LogP) is -2.35. The normalized spacial score (nSPS) is 12.8. The summed E-state index contributed by atoms with van der Waals surface area (Å²) in [7, 11) is 0. The number of allylic oxidation sites excluding steroid dienone is 1. The van der Waals surface area contributed by atoms with Crippen molar-refractivity contribution in [1.82, 2.24) is 4.90 Å². The summed E-state index contributed by atoms with van der Waals surface area (Å²) in [6.45, 7) is 5.97. The van der Waals surface area contributed by atoms with Gasteiger partial charge < -0.3 is 20.3 Å². The zero-order chi connectivity index (χ0) is 16.1. The predicted molar refractivity (Wildman–Crippen MR) is 81.3 cm³/mol. The first-order chi connectivity index (χ1) is 9.95. The van der Waals surface area contributed by atoms with Crippen LogP contribution in [0.15, 0.2) is 17.6 Å². The van der Waals surface area contributed by atoms with Crippen molar-refractivity contribution in [3.8, 4) is 0 Å². The number of unbranched alkanes of at least 4 members (excludes halogenated alkanes) is 3. The van der Waals surface area contributed by atoms with Crippen LogP contribution in [0, 0.1) is 0 Å². The van der Waals surface area contributed by atoms with Gasteiger partial charge in [-0.05, 0) is 38.5 Å². The Hall–Kier alpha value is -0.400. The summed E-state index contributed by atoms with van der Waals surface area (Å²) < 4.78 is 0. The average Bonchev–Trinajstić information content (AvgIpc) is 2.37. The van der Waals surface area contributed by atoms with E-state index in [-0.39, 0.29) is 55.1 Å². The van der Waals surface area contributed by atoms with Gasteiger partial charge in [-0.15, -0.1) is 6.58 Å². The maximum atomic E-state index is 11.5. The Labute approximate surface area is 155 Å². The van der Waals surface area contributed by atoms with E-state index in [0.29, 0.717) is 13.0 Å². The molecule has 0 amide bonds. The van der Waals surface area contributed by atoms with Crippen LogP contribution in [0.25, 0.3) is 0 Å². The molecule has 0 saturated heterocycles. The molecule has 2 N–H and O–H groups in total. The number of aliphatic imine (C=N–C) groups is 1.